The first-order valence-corrected chi connectivity index (χ1v) is 17.5. The fourth-order valence-corrected chi connectivity index (χ4v) is 6.67. The molecular weight excluding hydrogens is 686 g/mol. The highest BCUT2D eigenvalue weighted by atomic mass is 16.5. The summed E-state index contributed by atoms with van der Waals surface area (Å²) in [7, 11) is 3.07. The summed E-state index contributed by atoms with van der Waals surface area (Å²) in [6.07, 6.45) is 9.08. The molecule has 0 saturated heterocycles. The number of para-hydroxylation sites is 1. The topological polar surface area (TPSA) is 200 Å². The fourth-order valence-electron chi connectivity index (χ4n) is 6.67. The molecule has 0 bridgehead atoms. The Morgan fingerprint density at radius 3 is 2.11 bits per heavy atom. The number of carboxylic acids is 3. The lowest BCUT2D eigenvalue weighted by atomic mass is 9.85. The summed E-state index contributed by atoms with van der Waals surface area (Å²) in [6, 6.07) is 20.4. The van der Waals surface area contributed by atoms with Crippen molar-refractivity contribution in [3.05, 3.63) is 82.9 Å². The molecule has 0 aromatic heterocycles. The Labute approximate surface area is 308 Å². The second-order valence-electron chi connectivity index (χ2n) is 13.1. The molecule has 3 aromatic rings. The molecule has 53 heavy (non-hydrogen) atoms. The van der Waals surface area contributed by atoms with Crippen molar-refractivity contribution in [3.63, 3.8) is 0 Å². The van der Waals surface area contributed by atoms with Gasteiger partial charge in [-0.2, -0.15) is 0 Å². The lowest BCUT2D eigenvalue weighted by Gasteiger charge is -2.43. The van der Waals surface area contributed by atoms with Gasteiger partial charge in [0.1, 0.15) is 11.5 Å². The number of phenols is 1. The first kappa shape index (κ1) is 40.2. The van der Waals surface area contributed by atoms with Crippen molar-refractivity contribution >= 4 is 35.7 Å². The highest BCUT2D eigenvalue weighted by Crippen LogP contribution is 2.45. The summed E-state index contributed by atoms with van der Waals surface area (Å²) >= 11 is 0. The molecule has 284 valence electrons. The molecule has 13 nitrogen and oxygen atoms in total. The van der Waals surface area contributed by atoms with Gasteiger partial charge in [0.25, 0.3) is 0 Å². The number of unbranched alkanes of at least 4 members (excludes halogenated alkanes) is 5. The standard InChI is InChI=1S/C34H39NO5.C6H8O7/c1-38-33(37)15-11-6-4-3-5-8-12-26-20-25-21-28(40-27-13-9-7-10-14-27)17-18-29(25)31-22-24-16-19-32(36)34(39-2)30(24)23-35(26)31;7-3(8)1-6(13,5(11)12)2-4(9)10/h7,9-10,13-14,16-19,21-22,26,36H,3-6,8,11-12,15,20,23H2,1-2H3;13H,1-2H2,(H,7,8)(H,9,10)(H,11,12)/t26-;/m0./s1. The number of aliphatic carboxylic acids is 3. The van der Waals surface area contributed by atoms with Crippen LogP contribution >= 0.6 is 0 Å². The number of hydrogen-bond acceptors (Lipinski definition) is 10. The maximum Gasteiger partial charge on any atom is 0.336 e. The summed E-state index contributed by atoms with van der Waals surface area (Å²) < 4.78 is 16.5. The predicted molar refractivity (Wildman–Crippen MR) is 195 cm³/mol. The molecule has 2 aliphatic rings. The molecule has 0 spiro atoms. The average Bonchev–Trinajstić information content (AvgIpc) is 3.11. The van der Waals surface area contributed by atoms with E-state index in [1.54, 1.807) is 13.2 Å². The molecule has 5 N–H and O–H groups in total. The fraction of sp³-hybridized carbons (Fsp3) is 0.400. The molecule has 0 aliphatic carbocycles. The number of hydrogen-bond donors (Lipinski definition) is 5. The van der Waals surface area contributed by atoms with Crippen LogP contribution in [0.1, 0.15) is 86.5 Å². The highest BCUT2D eigenvalue weighted by Gasteiger charge is 2.41. The maximum atomic E-state index is 11.3. The van der Waals surface area contributed by atoms with Crippen LogP contribution in [-0.4, -0.2) is 80.2 Å². The summed E-state index contributed by atoms with van der Waals surface area (Å²) in [5, 5.41) is 44.3. The number of methoxy groups -OCH3 is 2. The van der Waals surface area contributed by atoms with E-state index in [9.17, 15) is 24.3 Å². The van der Waals surface area contributed by atoms with Crippen LogP contribution in [0.5, 0.6) is 23.0 Å². The van der Waals surface area contributed by atoms with Crippen LogP contribution < -0.4 is 9.47 Å². The van der Waals surface area contributed by atoms with E-state index in [1.165, 1.54) is 36.8 Å². The zero-order valence-electron chi connectivity index (χ0n) is 30.0. The molecule has 0 amide bonds. The Hall–Kier alpha value is -5.56. The van der Waals surface area contributed by atoms with Crippen LogP contribution in [0.25, 0.3) is 11.8 Å². The van der Waals surface area contributed by atoms with Crippen molar-refractivity contribution in [2.75, 3.05) is 14.2 Å². The number of phenolic OH excluding ortho intramolecular Hbond substituents is 1. The van der Waals surface area contributed by atoms with Crippen LogP contribution in [0.15, 0.2) is 60.7 Å². The Morgan fingerprint density at radius 2 is 1.49 bits per heavy atom. The monoisotopic (exact) mass is 733 g/mol. The van der Waals surface area contributed by atoms with E-state index >= 15 is 0 Å². The molecule has 13 heteroatoms. The van der Waals surface area contributed by atoms with E-state index in [-0.39, 0.29) is 11.7 Å². The summed E-state index contributed by atoms with van der Waals surface area (Å²) in [5.74, 6) is -2.70. The minimum Gasteiger partial charge on any atom is -0.504 e. The lowest BCUT2D eigenvalue weighted by Crippen LogP contribution is -2.42. The largest absolute Gasteiger partial charge is 0.504 e. The normalized spacial score (nSPS) is 14.3. The van der Waals surface area contributed by atoms with Gasteiger partial charge in [0, 0.05) is 35.8 Å². The zero-order valence-corrected chi connectivity index (χ0v) is 30.0. The average molecular weight is 734 g/mol. The van der Waals surface area contributed by atoms with Gasteiger partial charge in [-0.3, -0.25) is 14.4 Å². The predicted octanol–water partition coefficient (Wildman–Crippen LogP) is 6.48. The second kappa shape index (κ2) is 18.8. The number of aliphatic hydroxyl groups is 1. The quantitative estimate of drug-likeness (QED) is 0.0747. The van der Waals surface area contributed by atoms with E-state index in [0.717, 1.165) is 61.2 Å². The number of benzene rings is 3. The maximum absolute atomic E-state index is 11.3. The molecule has 0 radical (unpaired) electrons. The number of fused-ring (bicyclic) bond motifs is 4. The van der Waals surface area contributed by atoms with Crippen LogP contribution in [0, 0.1) is 0 Å². The van der Waals surface area contributed by atoms with E-state index in [1.807, 2.05) is 36.4 Å². The van der Waals surface area contributed by atoms with Gasteiger partial charge < -0.3 is 44.6 Å². The van der Waals surface area contributed by atoms with E-state index < -0.39 is 36.4 Å². The number of aromatic hydroxyl groups is 1. The molecule has 1 atom stereocenters. The highest BCUT2D eigenvalue weighted by molar-refractivity contribution is 5.88. The van der Waals surface area contributed by atoms with Gasteiger partial charge in [0.05, 0.1) is 27.1 Å². The first-order valence-electron chi connectivity index (χ1n) is 17.5. The molecule has 0 fully saturated rings. The number of carboxylic acid groups (broad SMARTS) is 3. The molecular formula is C40H47NO12. The Morgan fingerprint density at radius 1 is 0.830 bits per heavy atom. The lowest BCUT2D eigenvalue weighted by molar-refractivity contribution is -0.170. The Kier molecular flexibility index (Phi) is 14.3. The van der Waals surface area contributed by atoms with Gasteiger partial charge in [-0.15, -0.1) is 0 Å². The first-order chi connectivity index (χ1) is 25.3. The smallest absolute Gasteiger partial charge is 0.336 e. The van der Waals surface area contributed by atoms with E-state index in [2.05, 4.69) is 29.2 Å². The molecule has 3 aromatic carbocycles. The van der Waals surface area contributed by atoms with E-state index in [4.69, 9.17) is 34.6 Å². The summed E-state index contributed by atoms with van der Waals surface area (Å²) in [5.41, 5.74) is 3.15. The number of nitrogens with zero attached hydrogens (tertiary/aromatic N) is 1. The van der Waals surface area contributed by atoms with Gasteiger partial charge in [0.15, 0.2) is 17.1 Å². The van der Waals surface area contributed by atoms with Crippen molar-refractivity contribution in [2.45, 2.75) is 88.8 Å². The number of esters is 1. The van der Waals surface area contributed by atoms with Crippen LogP contribution in [0.3, 0.4) is 0 Å². The van der Waals surface area contributed by atoms with Crippen molar-refractivity contribution in [3.8, 4) is 23.0 Å². The van der Waals surface area contributed by atoms with Crippen LogP contribution in [-0.2, 0) is 36.9 Å². The summed E-state index contributed by atoms with van der Waals surface area (Å²) in [4.78, 5) is 44.3. The van der Waals surface area contributed by atoms with Gasteiger partial charge in [-0.25, -0.2) is 4.79 Å². The summed E-state index contributed by atoms with van der Waals surface area (Å²) in [6.45, 7) is 0.707. The Bertz CT molecular complexity index is 1770. The number of carbonyl (C=O) groups is 4. The van der Waals surface area contributed by atoms with Gasteiger partial charge in [-0.05, 0) is 72.9 Å². The van der Waals surface area contributed by atoms with Gasteiger partial charge >= 0.3 is 23.9 Å². The number of rotatable bonds is 17. The minimum atomic E-state index is -2.74. The van der Waals surface area contributed by atoms with Gasteiger partial charge in [-0.1, -0.05) is 56.4 Å². The van der Waals surface area contributed by atoms with Crippen molar-refractivity contribution in [1.82, 2.24) is 4.90 Å². The number of carbonyl (C=O) groups excluding carboxylic acids is 1. The second-order valence-corrected chi connectivity index (χ2v) is 13.1. The molecule has 2 heterocycles. The molecule has 2 aliphatic heterocycles. The third kappa shape index (κ3) is 11.0. The third-order valence-electron chi connectivity index (χ3n) is 9.32. The van der Waals surface area contributed by atoms with E-state index in [0.29, 0.717) is 24.8 Å². The van der Waals surface area contributed by atoms with Crippen molar-refractivity contribution < 1.29 is 58.9 Å². The minimum absolute atomic E-state index is 0.119. The van der Waals surface area contributed by atoms with Crippen LogP contribution in [0.4, 0.5) is 0 Å². The molecule has 0 saturated carbocycles. The van der Waals surface area contributed by atoms with Crippen LogP contribution in [0.2, 0.25) is 0 Å². The zero-order chi connectivity index (χ0) is 38.5. The van der Waals surface area contributed by atoms with Crippen molar-refractivity contribution in [1.29, 1.82) is 0 Å². The molecule has 5 rings (SSSR count). The SMILES string of the molecule is COC(=O)CCCCCCCC[C@H]1Cc2cc(Oc3ccccc3)ccc2C2=Cc3ccc(O)c(OC)c3CN21.O=C(O)CC(O)(CC(=O)O)C(=O)O. The number of ether oxygens (including phenoxy) is 3. The van der Waals surface area contributed by atoms with Crippen molar-refractivity contribution in [2.24, 2.45) is 0 Å². The third-order valence-corrected chi connectivity index (χ3v) is 9.32. The van der Waals surface area contributed by atoms with Gasteiger partial charge in [0.2, 0.25) is 0 Å². The Balaban J connectivity index is 0.000000413. The molecule has 0 unspecified atom stereocenters.